The highest BCUT2D eigenvalue weighted by atomic mass is 32.1. The second-order valence-electron chi connectivity index (χ2n) is 7.97. The van der Waals surface area contributed by atoms with Crippen molar-refractivity contribution in [3.8, 4) is 0 Å². The van der Waals surface area contributed by atoms with E-state index in [-0.39, 0.29) is 17.5 Å². The van der Waals surface area contributed by atoms with Crippen LogP contribution < -0.4 is 10.9 Å². The first-order valence-electron chi connectivity index (χ1n) is 9.88. The number of hydrogen-bond acceptors (Lipinski definition) is 4. The molecule has 0 aromatic carbocycles. The van der Waals surface area contributed by atoms with Gasteiger partial charge in [-0.05, 0) is 44.1 Å². The van der Waals surface area contributed by atoms with Crippen LogP contribution in [0.15, 0.2) is 4.79 Å². The van der Waals surface area contributed by atoms with Gasteiger partial charge in [0.1, 0.15) is 10.7 Å². The van der Waals surface area contributed by atoms with E-state index in [0.717, 1.165) is 61.3 Å². The van der Waals surface area contributed by atoms with Crippen molar-refractivity contribution in [2.24, 2.45) is 5.92 Å². The molecule has 1 aliphatic heterocycles. The van der Waals surface area contributed by atoms with Gasteiger partial charge in [0.15, 0.2) is 0 Å². The third-order valence-electron chi connectivity index (χ3n) is 5.89. The molecule has 2 unspecified atom stereocenters. The Labute approximate surface area is 157 Å². The number of aromatic nitrogens is 2. The van der Waals surface area contributed by atoms with E-state index in [1.54, 1.807) is 0 Å². The quantitative estimate of drug-likeness (QED) is 0.871. The summed E-state index contributed by atoms with van der Waals surface area (Å²) in [6.45, 7) is 4.89. The van der Waals surface area contributed by atoms with Gasteiger partial charge in [-0.15, -0.1) is 11.3 Å². The van der Waals surface area contributed by atoms with E-state index in [2.05, 4.69) is 12.2 Å². The molecule has 1 aliphatic carbocycles. The van der Waals surface area contributed by atoms with Gasteiger partial charge < -0.3 is 5.32 Å². The van der Waals surface area contributed by atoms with Gasteiger partial charge in [-0.2, -0.15) is 0 Å². The largest absolute Gasteiger partial charge is 0.349 e. The first kappa shape index (κ1) is 17.7. The van der Waals surface area contributed by atoms with E-state index in [9.17, 15) is 9.59 Å². The number of nitrogens with zero attached hydrogens (tertiary/aromatic N) is 2. The number of aryl methyl sites for hydroxylation is 2. The van der Waals surface area contributed by atoms with Crippen LogP contribution in [0.2, 0.25) is 0 Å². The highest BCUT2D eigenvalue weighted by Gasteiger charge is 2.25. The van der Waals surface area contributed by atoms with Gasteiger partial charge in [0.25, 0.3) is 11.5 Å². The molecule has 0 spiro atoms. The Balaban J connectivity index is 1.68. The number of amides is 1. The number of carbonyl (C=O) groups excluding carboxylic acids is 1. The predicted molar refractivity (Wildman–Crippen MR) is 105 cm³/mol. The number of fused-ring (bicyclic) bond motifs is 2. The smallest absolute Gasteiger partial charge is 0.262 e. The molecule has 3 heterocycles. The van der Waals surface area contributed by atoms with Crippen molar-refractivity contribution in [1.29, 1.82) is 0 Å². The van der Waals surface area contributed by atoms with Gasteiger partial charge in [0.2, 0.25) is 0 Å². The van der Waals surface area contributed by atoms with E-state index in [1.165, 1.54) is 24.2 Å². The third kappa shape index (κ3) is 3.20. The Morgan fingerprint density at radius 3 is 2.88 bits per heavy atom. The van der Waals surface area contributed by atoms with Crippen molar-refractivity contribution in [3.05, 3.63) is 26.6 Å². The zero-order valence-electron chi connectivity index (χ0n) is 15.6. The second kappa shape index (κ2) is 7.14. The van der Waals surface area contributed by atoms with Gasteiger partial charge in [0.05, 0.1) is 10.3 Å². The Morgan fingerprint density at radius 2 is 2.08 bits per heavy atom. The molecule has 0 bridgehead atoms. The summed E-state index contributed by atoms with van der Waals surface area (Å²) in [7, 11) is 0. The highest BCUT2D eigenvalue weighted by molar-refractivity contribution is 7.20. The SMILES string of the molecule is Cc1c(C(=O)NC2CCCC(C)C2)sc2nc3n(c(=O)c12)CCCCC3. The number of nitrogens with one attached hydrogen (secondary N) is 1. The maximum atomic E-state index is 13.0. The molecular weight excluding hydrogens is 346 g/mol. The van der Waals surface area contributed by atoms with E-state index >= 15 is 0 Å². The van der Waals surface area contributed by atoms with Gasteiger partial charge >= 0.3 is 0 Å². The first-order chi connectivity index (χ1) is 12.5. The molecule has 1 fully saturated rings. The lowest BCUT2D eigenvalue weighted by molar-refractivity contribution is 0.0925. The topological polar surface area (TPSA) is 64.0 Å². The zero-order chi connectivity index (χ0) is 18.3. The lowest BCUT2D eigenvalue weighted by Crippen LogP contribution is -2.37. The van der Waals surface area contributed by atoms with Crippen LogP contribution >= 0.6 is 11.3 Å². The van der Waals surface area contributed by atoms with Gasteiger partial charge in [-0.1, -0.05) is 26.2 Å². The molecule has 1 N–H and O–H groups in total. The predicted octanol–water partition coefficient (Wildman–Crippen LogP) is 3.80. The summed E-state index contributed by atoms with van der Waals surface area (Å²) in [6.07, 6.45) is 8.62. The minimum atomic E-state index is -0.0378. The fraction of sp³-hybridized carbons (Fsp3) is 0.650. The number of carbonyl (C=O) groups is 1. The maximum absolute atomic E-state index is 13.0. The monoisotopic (exact) mass is 373 g/mol. The minimum absolute atomic E-state index is 0.0333. The lowest BCUT2D eigenvalue weighted by atomic mass is 9.87. The van der Waals surface area contributed by atoms with Gasteiger partial charge in [0, 0.05) is 19.0 Å². The Hall–Kier alpha value is -1.69. The second-order valence-corrected chi connectivity index (χ2v) is 8.97. The number of thiophene rings is 1. The standard InChI is InChI=1S/C20H27N3O2S/c1-12-7-6-8-14(11-12)21-18(24)17-13(2)16-19(26-17)22-15-9-4-3-5-10-23(15)20(16)25/h12,14H,3-11H2,1-2H3,(H,21,24). The van der Waals surface area contributed by atoms with Crippen molar-refractivity contribution in [2.45, 2.75) is 77.8 Å². The molecular formula is C20H27N3O2S. The molecule has 6 heteroatoms. The molecule has 2 aromatic rings. The lowest BCUT2D eigenvalue weighted by Gasteiger charge is -2.27. The molecule has 1 saturated carbocycles. The number of rotatable bonds is 2. The van der Waals surface area contributed by atoms with Crippen molar-refractivity contribution in [1.82, 2.24) is 14.9 Å². The molecule has 5 nitrogen and oxygen atoms in total. The van der Waals surface area contributed by atoms with Crippen molar-refractivity contribution in [2.75, 3.05) is 0 Å². The molecule has 1 amide bonds. The summed E-state index contributed by atoms with van der Waals surface area (Å²) < 4.78 is 1.83. The van der Waals surface area contributed by atoms with Crippen LogP contribution in [0.1, 0.15) is 72.9 Å². The minimum Gasteiger partial charge on any atom is -0.349 e. The molecule has 4 rings (SSSR count). The Bertz CT molecular complexity index is 899. The highest BCUT2D eigenvalue weighted by Crippen LogP contribution is 2.29. The normalized spacial score (nSPS) is 23.5. The molecule has 2 atom stereocenters. The summed E-state index contributed by atoms with van der Waals surface area (Å²) in [6, 6.07) is 0.252. The molecule has 2 aliphatic rings. The van der Waals surface area contributed by atoms with Crippen LogP contribution in [0.3, 0.4) is 0 Å². The van der Waals surface area contributed by atoms with Crippen LogP contribution in [-0.4, -0.2) is 21.5 Å². The number of hydrogen-bond donors (Lipinski definition) is 1. The Kier molecular flexibility index (Phi) is 4.86. The van der Waals surface area contributed by atoms with Crippen molar-refractivity contribution < 1.29 is 4.79 Å². The molecule has 26 heavy (non-hydrogen) atoms. The van der Waals surface area contributed by atoms with Gasteiger partial charge in [-0.25, -0.2) is 4.98 Å². The summed E-state index contributed by atoms with van der Waals surface area (Å²) in [5, 5.41) is 3.84. The fourth-order valence-corrected chi connectivity index (χ4v) is 5.54. The molecule has 0 radical (unpaired) electrons. The maximum Gasteiger partial charge on any atom is 0.262 e. The van der Waals surface area contributed by atoms with Crippen LogP contribution in [0.5, 0.6) is 0 Å². The van der Waals surface area contributed by atoms with Crippen LogP contribution in [0, 0.1) is 12.8 Å². The molecule has 140 valence electrons. The fourth-order valence-electron chi connectivity index (χ4n) is 4.44. The van der Waals surface area contributed by atoms with Crippen molar-refractivity contribution >= 4 is 27.5 Å². The van der Waals surface area contributed by atoms with E-state index in [4.69, 9.17) is 4.98 Å². The van der Waals surface area contributed by atoms with Gasteiger partial charge in [-0.3, -0.25) is 14.2 Å². The summed E-state index contributed by atoms with van der Waals surface area (Å²) in [5.41, 5.74) is 0.828. The molecule has 2 aromatic heterocycles. The average molecular weight is 374 g/mol. The summed E-state index contributed by atoms with van der Waals surface area (Å²) in [5.74, 6) is 1.51. The van der Waals surface area contributed by atoms with E-state index < -0.39 is 0 Å². The van der Waals surface area contributed by atoms with Crippen LogP contribution in [-0.2, 0) is 13.0 Å². The third-order valence-corrected chi connectivity index (χ3v) is 7.07. The van der Waals surface area contributed by atoms with Crippen LogP contribution in [0.25, 0.3) is 10.2 Å². The summed E-state index contributed by atoms with van der Waals surface area (Å²) in [4.78, 5) is 32.0. The Morgan fingerprint density at radius 1 is 1.23 bits per heavy atom. The van der Waals surface area contributed by atoms with E-state index in [1.807, 2.05) is 11.5 Å². The van der Waals surface area contributed by atoms with Crippen molar-refractivity contribution in [3.63, 3.8) is 0 Å². The van der Waals surface area contributed by atoms with E-state index in [0.29, 0.717) is 16.2 Å². The van der Waals surface area contributed by atoms with Crippen LogP contribution in [0.4, 0.5) is 0 Å². The zero-order valence-corrected chi connectivity index (χ0v) is 16.5. The average Bonchev–Trinajstić information content (AvgIpc) is 2.78. The molecule has 0 saturated heterocycles. The summed E-state index contributed by atoms with van der Waals surface area (Å²) >= 11 is 1.38. The first-order valence-corrected chi connectivity index (χ1v) is 10.7.